The molecule has 1 N–H and O–H groups in total. The molecule has 0 radical (unpaired) electrons. The zero-order chi connectivity index (χ0) is 14.7. The second-order valence-corrected chi connectivity index (χ2v) is 4.68. The van der Waals surface area contributed by atoms with E-state index >= 15 is 0 Å². The van der Waals surface area contributed by atoms with Crippen molar-refractivity contribution >= 4 is 22.8 Å². The van der Waals surface area contributed by atoms with Crippen molar-refractivity contribution < 1.29 is 5.11 Å². The molecule has 3 rings (SSSR count). The van der Waals surface area contributed by atoms with Gasteiger partial charge in [-0.3, -0.25) is 5.01 Å². The van der Waals surface area contributed by atoms with Gasteiger partial charge in [0, 0.05) is 18.8 Å². The van der Waals surface area contributed by atoms with Gasteiger partial charge in [0.05, 0.1) is 6.21 Å². The summed E-state index contributed by atoms with van der Waals surface area (Å²) in [4.78, 5) is 4.23. The van der Waals surface area contributed by atoms with Gasteiger partial charge >= 0.3 is 0 Å². The van der Waals surface area contributed by atoms with Crippen LogP contribution in [0.15, 0.2) is 65.9 Å². The minimum absolute atomic E-state index is 0.215. The van der Waals surface area contributed by atoms with Crippen LogP contribution in [0.4, 0.5) is 5.82 Å². The maximum Gasteiger partial charge on any atom is 0.148 e. The van der Waals surface area contributed by atoms with Gasteiger partial charge in [-0.05, 0) is 29.0 Å². The van der Waals surface area contributed by atoms with Crippen molar-refractivity contribution in [3.63, 3.8) is 0 Å². The number of rotatable bonds is 3. The topological polar surface area (TPSA) is 48.7 Å². The summed E-state index contributed by atoms with van der Waals surface area (Å²) in [5, 5.41) is 18.1. The molecule has 4 nitrogen and oxygen atoms in total. The highest BCUT2D eigenvalue weighted by Gasteiger charge is 2.05. The minimum Gasteiger partial charge on any atom is -0.507 e. The first-order chi connectivity index (χ1) is 10.3. The van der Waals surface area contributed by atoms with Crippen LogP contribution in [0.5, 0.6) is 5.75 Å². The van der Waals surface area contributed by atoms with Crippen molar-refractivity contribution in [2.45, 2.75) is 0 Å². The van der Waals surface area contributed by atoms with Crippen molar-refractivity contribution in [3.05, 3.63) is 66.4 Å². The summed E-state index contributed by atoms with van der Waals surface area (Å²) in [5.41, 5.74) is 0.705. The Morgan fingerprint density at radius 2 is 1.86 bits per heavy atom. The molecule has 0 saturated carbocycles. The quantitative estimate of drug-likeness (QED) is 0.589. The molecule has 3 aromatic rings. The molecule has 0 aliphatic carbocycles. The number of phenolic OH excluding ortho intramolecular Hbond substituents is 1. The van der Waals surface area contributed by atoms with E-state index in [1.54, 1.807) is 23.5 Å². The first-order valence-corrected chi connectivity index (χ1v) is 6.65. The molecule has 0 aliphatic heterocycles. The third kappa shape index (κ3) is 2.69. The third-order valence-electron chi connectivity index (χ3n) is 3.29. The van der Waals surface area contributed by atoms with Crippen LogP contribution in [0.2, 0.25) is 0 Å². The number of benzene rings is 2. The highest BCUT2D eigenvalue weighted by molar-refractivity contribution is 6.02. The van der Waals surface area contributed by atoms with Gasteiger partial charge in [-0.15, -0.1) is 0 Å². The molecule has 21 heavy (non-hydrogen) atoms. The van der Waals surface area contributed by atoms with E-state index in [-0.39, 0.29) is 5.75 Å². The Hall–Kier alpha value is -2.88. The normalized spacial score (nSPS) is 11.1. The Balaban J connectivity index is 1.98. The molecule has 0 amide bonds. The van der Waals surface area contributed by atoms with Gasteiger partial charge in [-0.2, -0.15) is 5.10 Å². The molecular weight excluding hydrogens is 262 g/mol. The van der Waals surface area contributed by atoms with Crippen molar-refractivity contribution in [3.8, 4) is 5.75 Å². The number of nitrogens with zero attached hydrogens (tertiary/aromatic N) is 3. The summed E-state index contributed by atoms with van der Waals surface area (Å²) in [5.74, 6) is 0.959. The van der Waals surface area contributed by atoms with E-state index in [1.807, 2.05) is 55.6 Å². The molecule has 1 heterocycles. The molecule has 0 aliphatic rings. The fraction of sp³-hybridized carbons (Fsp3) is 0.0588. The highest BCUT2D eigenvalue weighted by Crippen LogP contribution is 2.25. The molecule has 0 saturated heterocycles. The first-order valence-electron chi connectivity index (χ1n) is 6.65. The van der Waals surface area contributed by atoms with E-state index in [4.69, 9.17) is 0 Å². The lowest BCUT2D eigenvalue weighted by atomic mass is 10.0. The van der Waals surface area contributed by atoms with Crippen LogP contribution in [0.3, 0.4) is 0 Å². The van der Waals surface area contributed by atoms with Gasteiger partial charge in [-0.1, -0.05) is 36.4 Å². The number of hydrogen-bond donors (Lipinski definition) is 1. The number of hydrazone groups is 1. The van der Waals surface area contributed by atoms with Crippen LogP contribution in [0, 0.1) is 0 Å². The number of pyridine rings is 1. The van der Waals surface area contributed by atoms with Crippen molar-refractivity contribution in [2.24, 2.45) is 5.10 Å². The van der Waals surface area contributed by atoms with Gasteiger partial charge < -0.3 is 5.11 Å². The highest BCUT2D eigenvalue weighted by atomic mass is 16.3. The predicted octanol–water partition coefficient (Wildman–Crippen LogP) is 3.41. The molecule has 2 aromatic carbocycles. The Kier molecular flexibility index (Phi) is 3.51. The van der Waals surface area contributed by atoms with E-state index in [0.717, 1.165) is 16.6 Å². The zero-order valence-electron chi connectivity index (χ0n) is 11.6. The minimum atomic E-state index is 0.215. The molecule has 1 aromatic heterocycles. The second-order valence-electron chi connectivity index (χ2n) is 4.68. The van der Waals surface area contributed by atoms with Crippen LogP contribution in [-0.4, -0.2) is 23.4 Å². The lowest BCUT2D eigenvalue weighted by Crippen LogP contribution is -2.10. The van der Waals surface area contributed by atoms with E-state index < -0.39 is 0 Å². The van der Waals surface area contributed by atoms with Crippen molar-refractivity contribution in [1.82, 2.24) is 4.98 Å². The maximum atomic E-state index is 10.1. The molecule has 0 fully saturated rings. The lowest BCUT2D eigenvalue weighted by molar-refractivity contribution is 0.475. The number of anilines is 1. The van der Waals surface area contributed by atoms with Gasteiger partial charge in [0.25, 0.3) is 0 Å². The second kappa shape index (κ2) is 5.63. The molecule has 0 unspecified atom stereocenters. The summed E-state index contributed by atoms with van der Waals surface area (Å²) in [6.07, 6.45) is 3.38. The third-order valence-corrected chi connectivity index (χ3v) is 3.29. The van der Waals surface area contributed by atoms with Crippen LogP contribution in [0.25, 0.3) is 10.8 Å². The van der Waals surface area contributed by atoms with Crippen LogP contribution >= 0.6 is 0 Å². The average molecular weight is 277 g/mol. The molecule has 104 valence electrons. The number of aromatic nitrogens is 1. The molecular formula is C17H15N3O. The Bertz CT molecular complexity index is 784. The summed E-state index contributed by atoms with van der Waals surface area (Å²) in [7, 11) is 1.82. The Labute approximate surface area is 123 Å². The monoisotopic (exact) mass is 277 g/mol. The predicted molar refractivity (Wildman–Crippen MR) is 85.8 cm³/mol. The molecule has 4 heteroatoms. The largest absolute Gasteiger partial charge is 0.507 e. The van der Waals surface area contributed by atoms with E-state index in [9.17, 15) is 5.11 Å². The Morgan fingerprint density at radius 3 is 2.67 bits per heavy atom. The fourth-order valence-corrected chi connectivity index (χ4v) is 2.17. The summed E-state index contributed by atoms with van der Waals surface area (Å²) in [6, 6.07) is 17.1. The Morgan fingerprint density at radius 1 is 1.05 bits per heavy atom. The van der Waals surface area contributed by atoms with Gasteiger partial charge in [-0.25, -0.2) is 4.98 Å². The maximum absolute atomic E-state index is 10.1. The van der Waals surface area contributed by atoms with Crippen molar-refractivity contribution in [1.29, 1.82) is 0 Å². The standard InChI is InChI=1S/C17H15N3O/c1-20(17-8-4-5-11-18-17)19-12-15-14-7-3-2-6-13(14)9-10-16(15)21/h2-12,21H,1H3/b19-12+. The van der Waals surface area contributed by atoms with Crippen LogP contribution < -0.4 is 5.01 Å². The summed E-state index contributed by atoms with van der Waals surface area (Å²) >= 11 is 0. The van der Waals surface area contributed by atoms with Gasteiger partial charge in [0.2, 0.25) is 0 Å². The first kappa shape index (κ1) is 13.1. The van der Waals surface area contributed by atoms with Crippen molar-refractivity contribution in [2.75, 3.05) is 12.1 Å². The van der Waals surface area contributed by atoms with Crippen LogP contribution in [0.1, 0.15) is 5.56 Å². The van der Waals surface area contributed by atoms with E-state index in [0.29, 0.717) is 5.56 Å². The smallest absolute Gasteiger partial charge is 0.148 e. The SMILES string of the molecule is CN(/N=C/c1c(O)ccc2ccccc12)c1ccccn1. The van der Waals surface area contributed by atoms with Crippen LogP contribution in [-0.2, 0) is 0 Å². The fourth-order valence-electron chi connectivity index (χ4n) is 2.17. The lowest BCUT2D eigenvalue weighted by Gasteiger charge is -2.11. The number of aromatic hydroxyl groups is 1. The molecule has 0 spiro atoms. The number of fused-ring (bicyclic) bond motifs is 1. The molecule has 0 atom stereocenters. The van der Waals surface area contributed by atoms with Gasteiger partial charge in [0.1, 0.15) is 11.6 Å². The average Bonchev–Trinajstić information content (AvgIpc) is 2.54. The van der Waals surface area contributed by atoms with Gasteiger partial charge in [0.15, 0.2) is 0 Å². The van der Waals surface area contributed by atoms with E-state index in [2.05, 4.69) is 10.1 Å². The number of phenols is 1. The molecule has 0 bridgehead atoms. The summed E-state index contributed by atoms with van der Waals surface area (Å²) < 4.78 is 0. The number of hydrogen-bond acceptors (Lipinski definition) is 4. The zero-order valence-corrected chi connectivity index (χ0v) is 11.6. The van der Waals surface area contributed by atoms with E-state index in [1.165, 1.54) is 0 Å². The summed E-state index contributed by atoms with van der Waals surface area (Å²) in [6.45, 7) is 0.